The molecule has 5 nitrogen and oxygen atoms in total. The molecule has 2 bridgehead atoms. The molecule has 6 heteroatoms. The molecule has 2 amide bonds. The second-order valence-corrected chi connectivity index (χ2v) is 5.80. The highest BCUT2D eigenvalue weighted by molar-refractivity contribution is 5.91. The highest BCUT2D eigenvalue weighted by Crippen LogP contribution is 2.42. The summed E-state index contributed by atoms with van der Waals surface area (Å²) in [4.78, 5) is 25.1. The summed E-state index contributed by atoms with van der Waals surface area (Å²) in [5.41, 5.74) is 0.904. The summed E-state index contributed by atoms with van der Waals surface area (Å²) in [7, 11) is 0. The van der Waals surface area contributed by atoms with E-state index < -0.39 is 23.7 Å². The molecule has 2 aliphatic rings. The van der Waals surface area contributed by atoms with E-state index in [9.17, 15) is 19.1 Å². The Bertz CT molecular complexity index is 605. The van der Waals surface area contributed by atoms with E-state index >= 15 is 0 Å². The lowest BCUT2D eigenvalue weighted by molar-refractivity contribution is -0.142. The Labute approximate surface area is 121 Å². The second kappa shape index (κ2) is 5.02. The number of carboxylic acids is 1. The van der Waals surface area contributed by atoms with Crippen LogP contribution in [0, 0.1) is 18.7 Å². The molecule has 0 aliphatic carbocycles. The number of carboxylic acid groups (broad SMARTS) is 1. The van der Waals surface area contributed by atoms with Gasteiger partial charge in [-0.2, -0.15) is 0 Å². The average Bonchev–Trinajstić information content (AvgIpc) is 2.99. The number of carbonyl (C=O) groups excluding carboxylic acids is 1. The van der Waals surface area contributed by atoms with Crippen LogP contribution in [0.5, 0.6) is 0 Å². The van der Waals surface area contributed by atoms with Gasteiger partial charge in [0.1, 0.15) is 5.82 Å². The van der Waals surface area contributed by atoms with Gasteiger partial charge in [0.25, 0.3) is 0 Å². The van der Waals surface area contributed by atoms with Crippen molar-refractivity contribution in [3.63, 3.8) is 0 Å². The van der Waals surface area contributed by atoms with Crippen molar-refractivity contribution in [1.82, 2.24) is 4.90 Å². The quantitative estimate of drug-likeness (QED) is 0.880. The van der Waals surface area contributed by atoms with Crippen molar-refractivity contribution in [3.05, 3.63) is 29.6 Å². The summed E-state index contributed by atoms with van der Waals surface area (Å²) in [6, 6.07) is 3.86. The number of fused-ring (bicyclic) bond motifs is 2. The molecule has 3 rings (SSSR count). The van der Waals surface area contributed by atoms with Gasteiger partial charge in [0, 0.05) is 12.1 Å². The molecule has 0 radical (unpaired) electrons. The van der Waals surface area contributed by atoms with Crippen LogP contribution < -0.4 is 5.32 Å². The van der Waals surface area contributed by atoms with Crippen LogP contribution in [0.1, 0.15) is 24.8 Å². The van der Waals surface area contributed by atoms with Crippen molar-refractivity contribution in [2.45, 2.75) is 38.3 Å². The molecule has 0 aromatic heterocycles. The molecule has 2 heterocycles. The molecule has 1 aromatic rings. The van der Waals surface area contributed by atoms with E-state index in [0.29, 0.717) is 12.8 Å². The highest BCUT2D eigenvalue weighted by Gasteiger charge is 2.51. The van der Waals surface area contributed by atoms with E-state index in [1.54, 1.807) is 17.9 Å². The first-order valence-corrected chi connectivity index (χ1v) is 7.05. The van der Waals surface area contributed by atoms with Crippen LogP contribution in [0.3, 0.4) is 0 Å². The van der Waals surface area contributed by atoms with Crippen LogP contribution in [0.25, 0.3) is 0 Å². The van der Waals surface area contributed by atoms with E-state index in [1.165, 1.54) is 12.1 Å². The van der Waals surface area contributed by atoms with E-state index in [-0.39, 0.29) is 17.8 Å². The fourth-order valence-corrected chi connectivity index (χ4v) is 3.47. The van der Waals surface area contributed by atoms with Gasteiger partial charge in [0.05, 0.1) is 11.6 Å². The minimum atomic E-state index is -0.860. The van der Waals surface area contributed by atoms with Gasteiger partial charge in [-0.25, -0.2) is 9.18 Å². The molecular weight excluding hydrogens is 275 g/mol. The van der Waals surface area contributed by atoms with Gasteiger partial charge < -0.3 is 15.3 Å². The van der Waals surface area contributed by atoms with E-state index in [1.807, 2.05) is 0 Å². The molecule has 2 saturated heterocycles. The Hall–Kier alpha value is -2.11. The largest absolute Gasteiger partial charge is 0.481 e. The molecule has 2 aliphatic heterocycles. The minimum Gasteiger partial charge on any atom is -0.481 e. The van der Waals surface area contributed by atoms with Crippen LogP contribution in [0.2, 0.25) is 0 Å². The molecule has 112 valence electrons. The fourth-order valence-electron chi connectivity index (χ4n) is 3.47. The number of rotatable bonds is 2. The fraction of sp³-hybridized carbons (Fsp3) is 0.467. The van der Waals surface area contributed by atoms with Gasteiger partial charge in [0.15, 0.2) is 0 Å². The molecule has 3 unspecified atom stereocenters. The Balaban J connectivity index is 1.76. The zero-order valence-electron chi connectivity index (χ0n) is 11.7. The normalized spacial score (nSPS) is 27.0. The lowest BCUT2D eigenvalue weighted by Crippen LogP contribution is -2.40. The third-order valence-corrected chi connectivity index (χ3v) is 4.45. The van der Waals surface area contributed by atoms with Crippen molar-refractivity contribution in [1.29, 1.82) is 0 Å². The van der Waals surface area contributed by atoms with Crippen molar-refractivity contribution in [2.75, 3.05) is 5.32 Å². The summed E-state index contributed by atoms with van der Waals surface area (Å²) in [5, 5.41) is 11.7. The van der Waals surface area contributed by atoms with Crippen molar-refractivity contribution in [3.8, 4) is 0 Å². The molecule has 0 saturated carbocycles. The first kappa shape index (κ1) is 13.9. The van der Waals surface area contributed by atoms with E-state index in [0.717, 1.165) is 12.0 Å². The number of carbonyl (C=O) groups is 2. The lowest BCUT2D eigenvalue weighted by Gasteiger charge is -2.23. The molecule has 0 spiro atoms. The van der Waals surface area contributed by atoms with Crippen LogP contribution in [0.15, 0.2) is 18.2 Å². The Morgan fingerprint density at radius 1 is 1.38 bits per heavy atom. The summed E-state index contributed by atoms with van der Waals surface area (Å²) in [6.45, 7) is 1.77. The van der Waals surface area contributed by atoms with Crippen LogP contribution in [0.4, 0.5) is 14.9 Å². The first-order chi connectivity index (χ1) is 9.97. The predicted molar refractivity (Wildman–Crippen MR) is 74.5 cm³/mol. The topological polar surface area (TPSA) is 69.6 Å². The number of nitrogens with zero attached hydrogens (tertiary/aromatic N) is 1. The predicted octanol–water partition coefficient (Wildman–Crippen LogP) is 2.60. The summed E-state index contributed by atoms with van der Waals surface area (Å²) in [6.07, 6.45) is 2.01. The Kier molecular flexibility index (Phi) is 3.31. The Morgan fingerprint density at radius 2 is 2.14 bits per heavy atom. The van der Waals surface area contributed by atoms with Crippen LogP contribution >= 0.6 is 0 Å². The van der Waals surface area contributed by atoms with Gasteiger partial charge in [-0.1, -0.05) is 6.07 Å². The van der Waals surface area contributed by atoms with Gasteiger partial charge in [-0.05, 0) is 43.9 Å². The molecular formula is C15H17FN2O3. The molecule has 3 atom stereocenters. The van der Waals surface area contributed by atoms with Crippen molar-refractivity contribution < 1.29 is 19.1 Å². The maximum Gasteiger partial charge on any atom is 0.322 e. The van der Waals surface area contributed by atoms with Crippen molar-refractivity contribution >= 4 is 17.7 Å². The molecule has 2 fully saturated rings. The maximum atomic E-state index is 13.8. The standard InChI is InChI=1S/C15H17FN2O3/c1-8-2-4-12(11(16)6-8)17-15(21)18-9-3-5-13(18)10(7-9)14(19)20/h2,4,6,9-10,13H,3,5,7H2,1H3,(H,17,21)(H,19,20). The van der Waals surface area contributed by atoms with E-state index in [2.05, 4.69) is 5.32 Å². The zero-order chi connectivity index (χ0) is 15.1. The number of aliphatic carboxylic acids is 1. The van der Waals surface area contributed by atoms with Gasteiger partial charge in [-0.15, -0.1) is 0 Å². The van der Waals surface area contributed by atoms with Gasteiger partial charge in [-0.3, -0.25) is 4.79 Å². The van der Waals surface area contributed by atoms with Crippen LogP contribution in [-0.4, -0.2) is 34.1 Å². The van der Waals surface area contributed by atoms with Gasteiger partial charge >= 0.3 is 12.0 Å². The first-order valence-electron chi connectivity index (χ1n) is 7.05. The number of urea groups is 1. The number of aryl methyl sites for hydroxylation is 1. The zero-order valence-corrected chi connectivity index (χ0v) is 11.7. The smallest absolute Gasteiger partial charge is 0.322 e. The van der Waals surface area contributed by atoms with Crippen LogP contribution in [-0.2, 0) is 4.79 Å². The second-order valence-electron chi connectivity index (χ2n) is 5.80. The van der Waals surface area contributed by atoms with Crippen molar-refractivity contribution in [2.24, 2.45) is 5.92 Å². The molecule has 21 heavy (non-hydrogen) atoms. The lowest BCUT2D eigenvalue weighted by atomic mass is 9.89. The SMILES string of the molecule is Cc1ccc(NC(=O)N2C3CCC2C(C(=O)O)C3)c(F)c1. The number of amides is 2. The third-order valence-electron chi connectivity index (χ3n) is 4.45. The number of hydrogen-bond acceptors (Lipinski definition) is 2. The minimum absolute atomic E-state index is 0.0513. The summed E-state index contributed by atoms with van der Waals surface area (Å²) >= 11 is 0. The molecule has 2 N–H and O–H groups in total. The average molecular weight is 292 g/mol. The summed E-state index contributed by atoms with van der Waals surface area (Å²) in [5.74, 6) is -1.84. The number of nitrogens with one attached hydrogen (secondary N) is 1. The number of benzene rings is 1. The third kappa shape index (κ3) is 2.34. The van der Waals surface area contributed by atoms with E-state index in [4.69, 9.17) is 0 Å². The number of halogens is 1. The molecule has 1 aromatic carbocycles. The Morgan fingerprint density at radius 3 is 2.76 bits per heavy atom. The summed E-state index contributed by atoms with van der Waals surface area (Å²) < 4.78 is 13.8. The maximum absolute atomic E-state index is 13.8. The number of anilines is 1. The monoisotopic (exact) mass is 292 g/mol. The number of hydrogen-bond donors (Lipinski definition) is 2. The highest BCUT2D eigenvalue weighted by atomic mass is 19.1. The van der Waals surface area contributed by atoms with Gasteiger partial charge in [0.2, 0.25) is 0 Å².